The molecule has 4 heteroatoms. The Morgan fingerprint density at radius 3 is 2.92 bits per heavy atom. The lowest BCUT2D eigenvalue weighted by Gasteiger charge is -2.02. The molecule has 0 bridgehead atoms. The summed E-state index contributed by atoms with van der Waals surface area (Å²) < 4.78 is 2.74. The molecule has 0 N–H and O–H groups in total. The van der Waals surface area contributed by atoms with Gasteiger partial charge in [0.15, 0.2) is 0 Å². The highest BCUT2D eigenvalue weighted by molar-refractivity contribution is 9.10. The Balaban J connectivity index is 2.24. The quantitative estimate of drug-likeness (QED) is 0.750. The van der Waals surface area contributed by atoms with Gasteiger partial charge in [-0.1, -0.05) is 6.07 Å². The Hall–Kier alpha value is -1.16. The SMILES string of the molecule is Brc1ncccc1Cn1cccn1. The zero-order chi connectivity index (χ0) is 9.10. The van der Waals surface area contributed by atoms with Gasteiger partial charge in [0.05, 0.1) is 6.54 Å². The molecule has 0 aliphatic rings. The first-order chi connectivity index (χ1) is 6.36. The van der Waals surface area contributed by atoms with Crippen molar-refractivity contribution >= 4 is 15.9 Å². The molecule has 13 heavy (non-hydrogen) atoms. The minimum atomic E-state index is 0.751. The predicted octanol–water partition coefficient (Wildman–Crippen LogP) is 2.09. The van der Waals surface area contributed by atoms with E-state index in [1.54, 1.807) is 12.4 Å². The van der Waals surface area contributed by atoms with Gasteiger partial charge in [0, 0.05) is 24.2 Å². The third-order valence-corrected chi connectivity index (χ3v) is 2.44. The lowest BCUT2D eigenvalue weighted by molar-refractivity contribution is 0.682. The Labute approximate surface area is 84.5 Å². The van der Waals surface area contributed by atoms with Crippen molar-refractivity contribution in [3.8, 4) is 0 Å². The molecule has 0 amide bonds. The summed E-state index contributed by atoms with van der Waals surface area (Å²) in [5, 5.41) is 4.12. The molecular weight excluding hydrogens is 230 g/mol. The molecule has 2 aromatic heterocycles. The van der Waals surface area contributed by atoms with Crippen LogP contribution in [0.3, 0.4) is 0 Å². The number of rotatable bonds is 2. The van der Waals surface area contributed by atoms with Crippen LogP contribution in [-0.2, 0) is 6.54 Å². The predicted molar refractivity (Wildman–Crippen MR) is 53.3 cm³/mol. The summed E-state index contributed by atoms with van der Waals surface area (Å²) in [6.45, 7) is 0.751. The number of nitrogens with zero attached hydrogens (tertiary/aromatic N) is 3. The van der Waals surface area contributed by atoms with Crippen LogP contribution in [0.1, 0.15) is 5.56 Å². The summed E-state index contributed by atoms with van der Waals surface area (Å²) >= 11 is 3.39. The average molecular weight is 238 g/mol. The molecule has 0 saturated carbocycles. The maximum absolute atomic E-state index is 4.14. The Morgan fingerprint density at radius 1 is 1.31 bits per heavy atom. The fourth-order valence-electron chi connectivity index (χ4n) is 1.11. The van der Waals surface area contributed by atoms with Crippen LogP contribution in [-0.4, -0.2) is 14.8 Å². The minimum absolute atomic E-state index is 0.751. The summed E-state index contributed by atoms with van der Waals surface area (Å²) in [6, 6.07) is 5.85. The van der Waals surface area contributed by atoms with Crippen molar-refractivity contribution in [2.75, 3.05) is 0 Å². The molecule has 2 rings (SSSR count). The van der Waals surface area contributed by atoms with Gasteiger partial charge in [-0.15, -0.1) is 0 Å². The molecule has 0 unspecified atom stereocenters. The van der Waals surface area contributed by atoms with Crippen LogP contribution in [0.5, 0.6) is 0 Å². The summed E-state index contributed by atoms with van der Waals surface area (Å²) in [6.07, 6.45) is 5.46. The van der Waals surface area contributed by atoms with E-state index in [0.29, 0.717) is 0 Å². The van der Waals surface area contributed by atoms with Gasteiger partial charge < -0.3 is 0 Å². The number of halogens is 1. The molecule has 0 atom stereocenters. The van der Waals surface area contributed by atoms with Gasteiger partial charge in [0.25, 0.3) is 0 Å². The van der Waals surface area contributed by atoms with E-state index in [1.165, 1.54) is 0 Å². The minimum Gasteiger partial charge on any atom is -0.268 e. The molecule has 0 fully saturated rings. The largest absolute Gasteiger partial charge is 0.268 e. The molecule has 0 radical (unpaired) electrons. The zero-order valence-electron chi connectivity index (χ0n) is 6.89. The average Bonchev–Trinajstić information content (AvgIpc) is 2.61. The van der Waals surface area contributed by atoms with Gasteiger partial charge >= 0.3 is 0 Å². The Kier molecular flexibility index (Phi) is 2.40. The third-order valence-electron chi connectivity index (χ3n) is 1.73. The van der Waals surface area contributed by atoms with E-state index < -0.39 is 0 Å². The van der Waals surface area contributed by atoms with Gasteiger partial charge in [-0.2, -0.15) is 5.10 Å². The Bertz CT molecular complexity index is 384. The fourth-order valence-corrected chi connectivity index (χ4v) is 1.48. The standard InChI is InChI=1S/C9H8BrN3/c10-9-8(3-1-4-11-9)7-13-6-2-5-12-13/h1-6H,7H2. The third kappa shape index (κ3) is 1.95. The van der Waals surface area contributed by atoms with E-state index in [0.717, 1.165) is 16.7 Å². The van der Waals surface area contributed by atoms with Crippen molar-refractivity contribution in [3.05, 3.63) is 47.0 Å². The van der Waals surface area contributed by atoms with E-state index in [-0.39, 0.29) is 0 Å². The molecule has 0 aromatic carbocycles. The molecule has 0 saturated heterocycles. The molecule has 0 spiro atoms. The molecular formula is C9H8BrN3. The zero-order valence-corrected chi connectivity index (χ0v) is 8.48. The second-order valence-corrected chi connectivity index (χ2v) is 3.41. The van der Waals surface area contributed by atoms with Crippen molar-refractivity contribution < 1.29 is 0 Å². The second-order valence-electron chi connectivity index (χ2n) is 2.66. The first kappa shape index (κ1) is 8.44. The van der Waals surface area contributed by atoms with Crippen molar-refractivity contribution in [2.45, 2.75) is 6.54 Å². The van der Waals surface area contributed by atoms with Crippen LogP contribution < -0.4 is 0 Å². The van der Waals surface area contributed by atoms with Crippen LogP contribution in [0.25, 0.3) is 0 Å². The van der Waals surface area contributed by atoms with E-state index in [9.17, 15) is 0 Å². The fraction of sp³-hybridized carbons (Fsp3) is 0.111. The van der Waals surface area contributed by atoms with Crippen LogP contribution in [0, 0.1) is 0 Å². The van der Waals surface area contributed by atoms with Crippen molar-refractivity contribution in [1.82, 2.24) is 14.8 Å². The van der Waals surface area contributed by atoms with Crippen molar-refractivity contribution in [3.63, 3.8) is 0 Å². The highest BCUT2D eigenvalue weighted by Gasteiger charge is 1.99. The number of aromatic nitrogens is 3. The van der Waals surface area contributed by atoms with Gasteiger partial charge in [-0.3, -0.25) is 4.68 Å². The maximum atomic E-state index is 4.14. The monoisotopic (exact) mass is 237 g/mol. The number of hydrogen-bond donors (Lipinski definition) is 0. The second kappa shape index (κ2) is 3.70. The van der Waals surface area contributed by atoms with Gasteiger partial charge in [-0.25, -0.2) is 4.98 Å². The van der Waals surface area contributed by atoms with Crippen LogP contribution in [0.4, 0.5) is 0 Å². The molecule has 0 aliphatic heterocycles. The normalized spacial score (nSPS) is 10.2. The van der Waals surface area contributed by atoms with Crippen LogP contribution in [0.15, 0.2) is 41.4 Å². The van der Waals surface area contributed by atoms with E-state index >= 15 is 0 Å². The molecule has 0 aliphatic carbocycles. The number of pyridine rings is 1. The topological polar surface area (TPSA) is 30.7 Å². The smallest absolute Gasteiger partial charge is 0.111 e. The summed E-state index contributed by atoms with van der Waals surface area (Å²) in [4.78, 5) is 4.14. The van der Waals surface area contributed by atoms with Crippen LogP contribution in [0.2, 0.25) is 0 Å². The summed E-state index contributed by atoms with van der Waals surface area (Å²) in [7, 11) is 0. The highest BCUT2D eigenvalue weighted by atomic mass is 79.9. The first-order valence-electron chi connectivity index (χ1n) is 3.93. The van der Waals surface area contributed by atoms with E-state index in [1.807, 2.05) is 29.1 Å². The summed E-state index contributed by atoms with van der Waals surface area (Å²) in [5.74, 6) is 0. The molecule has 3 nitrogen and oxygen atoms in total. The first-order valence-corrected chi connectivity index (χ1v) is 4.72. The molecule has 2 heterocycles. The maximum Gasteiger partial charge on any atom is 0.111 e. The van der Waals surface area contributed by atoms with E-state index in [4.69, 9.17) is 0 Å². The van der Waals surface area contributed by atoms with Gasteiger partial charge in [0.2, 0.25) is 0 Å². The summed E-state index contributed by atoms with van der Waals surface area (Å²) in [5.41, 5.74) is 1.13. The van der Waals surface area contributed by atoms with Gasteiger partial charge in [0.1, 0.15) is 4.60 Å². The van der Waals surface area contributed by atoms with Crippen molar-refractivity contribution in [1.29, 1.82) is 0 Å². The van der Waals surface area contributed by atoms with Crippen LogP contribution >= 0.6 is 15.9 Å². The Morgan fingerprint density at radius 2 is 2.23 bits per heavy atom. The highest BCUT2D eigenvalue weighted by Crippen LogP contribution is 2.13. The van der Waals surface area contributed by atoms with E-state index in [2.05, 4.69) is 26.0 Å². The lowest BCUT2D eigenvalue weighted by Crippen LogP contribution is -2.00. The van der Waals surface area contributed by atoms with Crippen molar-refractivity contribution in [2.24, 2.45) is 0 Å². The lowest BCUT2D eigenvalue weighted by atomic mass is 10.3. The molecule has 2 aromatic rings. The number of hydrogen-bond acceptors (Lipinski definition) is 2. The van der Waals surface area contributed by atoms with Gasteiger partial charge in [-0.05, 0) is 28.1 Å². The molecule has 66 valence electrons.